The van der Waals surface area contributed by atoms with Crippen LogP contribution in [0.25, 0.3) is 99.2 Å². The highest BCUT2D eigenvalue weighted by Crippen LogP contribution is 2.56. The number of hydrogen-bond donors (Lipinski definition) is 0. The Labute approximate surface area is 452 Å². The Morgan fingerprint density at radius 2 is 0.846 bits per heavy atom. The predicted octanol–water partition coefficient (Wildman–Crippen LogP) is 18.0. The van der Waals surface area contributed by atoms with Crippen molar-refractivity contribution in [1.82, 2.24) is 13.7 Å². The van der Waals surface area contributed by atoms with Crippen LogP contribution in [0.5, 0.6) is 0 Å². The molecule has 0 saturated heterocycles. The number of hydrogen-bond acceptors (Lipinski definition) is 3. The first-order valence-electron chi connectivity index (χ1n) is 26.9. The van der Waals surface area contributed by atoms with Gasteiger partial charge < -0.3 is 18.6 Å². The van der Waals surface area contributed by atoms with Crippen LogP contribution in [0.1, 0.15) is 73.9 Å². The highest BCUT2D eigenvalue weighted by atomic mass is 15.2. The fraction of sp³-hybridized carbons (Fsp3) is 0.111. The Hall–Kier alpha value is -9.88. The van der Waals surface area contributed by atoms with Crippen molar-refractivity contribution in [3.8, 4) is 40.3 Å². The summed E-state index contributed by atoms with van der Waals surface area (Å²) in [5.74, 6) is 0. The summed E-state index contributed by atoms with van der Waals surface area (Å²) in [4.78, 5) is 2.11. The second-order valence-corrected chi connectivity index (χ2v) is 22.3. The highest BCUT2D eigenvalue weighted by Gasteiger charge is 2.41. The summed E-state index contributed by atoms with van der Waals surface area (Å²) in [6.07, 6.45) is 5.61. The normalized spacial score (nSPS) is 15.8. The van der Waals surface area contributed by atoms with E-state index in [-0.39, 0.29) is 22.0 Å². The van der Waals surface area contributed by atoms with Crippen molar-refractivity contribution in [1.29, 1.82) is 10.5 Å². The maximum atomic E-state index is 12.4. The average Bonchev–Trinajstić information content (AvgIpc) is 4.34. The molecule has 0 bridgehead atoms. The largest absolute Gasteiger partial charge is 0.312 e. The molecule has 15 rings (SSSR count). The van der Waals surface area contributed by atoms with Gasteiger partial charge in [0.15, 0.2) is 0 Å². The maximum Gasteiger partial charge on any atom is 0.103 e. The number of anilines is 1. The van der Waals surface area contributed by atoms with E-state index in [4.69, 9.17) is 13.2 Å². The zero-order valence-electron chi connectivity index (χ0n) is 44.0. The van der Waals surface area contributed by atoms with Crippen LogP contribution in [0.2, 0.25) is 0 Å². The predicted molar refractivity (Wildman–Crippen MR) is 322 cm³/mol. The molecule has 0 atom stereocenters. The van der Waals surface area contributed by atoms with Gasteiger partial charge in [0.05, 0.1) is 67.0 Å². The molecule has 0 amide bonds. The van der Waals surface area contributed by atoms with E-state index in [1.807, 2.05) is 0 Å². The maximum absolute atomic E-state index is 12.4. The van der Waals surface area contributed by atoms with Crippen LogP contribution in [0.3, 0.4) is 0 Å². The van der Waals surface area contributed by atoms with Gasteiger partial charge in [-0.05, 0) is 99.8 Å². The Morgan fingerprint density at radius 3 is 1.40 bits per heavy atom. The van der Waals surface area contributed by atoms with Crippen LogP contribution < -0.4 is 4.90 Å². The number of fused-ring (bicyclic) bond motifs is 15. The van der Waals surface area contributed by atoms with Gasteiger partial charge in [-0.3, -0.25) is 0 Å². The summed E-state index contributed by atoms with van der Waals surface area (Å²) in [7, 11) is 0. The molecule has 6 nitrogen and oxygen atoms in total. The third-order valence-electron chi connectivity index (χ3n) is 17.7. The molecule has 3 aliphatic rings. The van der Waals surface area contributed by atoms with Crippen LogP contribution in [0.4, 0.5) is 5.69 Å². The summed E-state index contributed by atoms with van der Waals surface area (Å²) in [5.41, 5.74) is 19.7. The van der Waals surface area contributed by atoms with Gasteiger partial charge in [0.25, 0.3) is 0 Å². The second kappa shape index (κ2) is 16.3. The average molecular weight is 1000 g/mol. The monoisotopic (exact) mass is 1000 g/mol. The fourth-order valence-electron chi connectivity index (χ4n) is 14.3. The van der Waals surface area contributed by atoms with Gasteiger partial charge in [0.1, 0.15) is 12.1 Å². The topological polar surface area (TPSA) is 65.6 Å². The number of rotatable bonds is 4. The lowest BCUT2D eigenvalue weighted by Gasteiger charge is -2.34. The van der Waals surface area contributed by atoms with Crippen molar-refractivity contribution in [2.75, 3.05) is 4.90 Å². The summed E-state index contributed by atoms with van der Waals surface area (Å²) < 4.78 is 7.02. The van der Waals surface area contributed by atoms with Gasteiger partial charge in [0, 0.05) is 54.5 Å². The van der Waals surface area contributed by atoms with Crippen LogP contribution in [0, 0.1) is 22.7 Å². The van der Waals surface area contributed by atoms with Crippen LogP contribution in [0.15, 0.2) is 224 Å². The van der Waals surface area contributed by atoms with Crippen LogP contribution >= 0.6 is 0 Å². The lowest BCUT2D eigenvalue weighted by Crippen LogP contribution is -2.25. The van der Waals surface area contributed by atoms with Gasteiger partial charge in [0.2, 0.25) is 0 Å². The SMILES string of the molecule is C=C1/C=C\C2=C(CCC(=C)N1c1c(C#N)c(C#N)c(-n3c4ccccc4c4c5c(ccc43)C(C)(C)c3ccccc3-5)c(-n3c4ccccc4c4ccccc43)c1-n1c3ccccc3c3ccccc31)c1ccccc1C2(C)C. The molecule has 12 aromatic rings. The molecule has 78 heavy (non-hydrogen) atoms. The Morgan fingerprint density at radius 1 is 0.410 bits per heavy atom. The molecule has 6 heteroatoms. The molecule has 1 aliphatic heterocycles. The number of allylic oxidation sites excluding steroid dienone is 5. The summed E-state index contributed by atoms with van der Waals surface area (Å²) in [5, 5.41) is 31.2. The van der Waals surface area contributed by atoms with Crippen molar-refractivity contribution < 1.29 is 0 Å². The molecule has 3 aromatic heterocycles. The third kappa shape index (κ3) is 5.89. The lowest BCUT2D eigenvalue weighted by molar-refractivity contribution is 0.653. The highest BCUT2D eigenvalue weighted by molar-refractivity contribution is 6.19. The van der Waals surface area contributed by atoms with E-state index < -0.39 is 0 Å². The first kappa shape index (κ1) is 45.5. The Balaban J connectivity index is 1.17. The number of nitriles is 2. The van der Waals surface area contributed by atoms with E-state index in [1.165, 1.54) is 44.5 Å². The molecule has 9 aromatic carbocycles. The molecule has 2 aliphatic carbocycles. The summed E-state index contributed by atoms with van der Waals surface area (Å²) >= 11 is 0. The minimum atomic E-state index is -0.259. The second-order valence-electron chi connectivity index (χ2n) is 22.3. The molecule has 370 valence electrons. The van der Waals surface area contributed by atoms with Gasteiger partial charge in [-0.15, -0.1) is 0 Å². The van der Waals surface area contributed by atoms with Crippen LogP contribution in [-0.4, -0.2) is 13.7 Å². The summed E-state index contributed by atoms with van der Waals surface area (Å²) in [6, 6.07) is 70.5. The number of aromatic nitrogens is 3. The van der Waals surface area contributed by atoms with E-state index in [0.29, 0.717) is 29.9 Å². The summed E-state index contributed by atoms with van der Waals surface area (Å²) in [6.45, 7) is 19.1. The lowest BCUT2D eigenvalue weighted by atomic mass is 9.81. The van der Waals surface area contributed by atoms with Gasteiger partial charge in [-0.25, -0.2) is 0 Å². The molecular formula is C72H52N6. The number of nitrogens with zero attached hydrogens (tertiary/aromatic N) is 6. The van der Waals surface area contributed by atoms with Crippen molar-refractivity contribution in [2.24, 2.45) is 0 Å². The van der Waals surface area contributed by atoms with E-state index in [1.54, 1.807) is 0 Å². The van der Waals surface area contributed by atoms with E-state index in [0.717, 1.165) is 82.5 Å². The quantitative estimate of drug-likeness (QED) is 0.176. The smallest absolute Gasteiger partial charge is 0.103 e. The standard InChI is InChI=1S/C72H52N6/c1-43-35-37-46-45-21-7-14-28-55(45)71(3,4)57(46)38-36-44(2)75(43)67-53(41-73)54(42-74)68(78-63-34-20-13-27-52(63)66-64(78)40-39-58-65(66)51-26-8-15-29-56(51)72(58,5)6)70(77-61-32-18-11-24-49(61)50-25-12-19-33-62(50)77)69(67)76-59-30-16-9-22-47(59)48-23-10-17-31-60(48)76/h7-34,36,38-40H,1-2,35,37H2,3-6H3/b38-36-. The van der Waals surface area contributed by atoms with Gasteiger partial charge in [-0.1, -0.05) is 193 Å². The van der Waals surface area contributed by atoms with Gasteiger partial charge >= 0.3 is 0 Å². The minimum absolute atomic E-state index is 0.230. The van der Waals surface area contributed by atoms with Crippen molar-refractivity contribution in [3.63, 3.8) is 0 Å². The number of para-hydroxylation sites is 5. The molecular weight excluding hydrogens is 949 g/mol. The third-order valence-corrected chi connectivity index (χ3v) is 17.7. The van der Waals surface area contributed by atoms with Crippen molar-refractivity contribution in [3.05, 3.63) is 258 Å². The zero-order valence-corrected chi connectivity index (χ0v) is 44.0. The molecule has 0 saturated carbocycles. The minimum Gasteiger partial charge on any atom is -0.312 e. The Kier molecular flexibility index (Phi) is 9.52. The molecule has 0 radical (unpaired) electrons. The van der Waals surface area contributed by atoms with E-state index in [2.05, 4.69) is 253 Å². The van der Waals surface area contributed by atoms with E-state index >= 15 is 0 Å². The molecule has 0 N–H and O–H groups in total. The van der Waals surface area contributed by atoms with Crippen molar-refractivity contribution in [2.45, 2.75) is 51.4 Å². The van der Waals surface area contributed by atoms with Gasteiger partial charge in [-0.2, -0.15) is 10.5 Å². The first-order chi connectivity index (χ1) is 38.0. The molecule has 0 spiro atoms. The molecule has 4 heterocycles. The van der Waals surface area contributed by atoms with Crippen LogP contribution in [-0.2, 0) is 10.8 Å². The molecule has 0 fully saturated rings. The van der Waals surface area contributed by atoms with Crippen molar-refractivity contribution >= 4 is 76.7 Å². The fourth-order valence-corrected chi connectivity index (χ4v) is 14.3. The zero-order chi connectivity index (χ0) is 52.9. The number of benzene rings is 9. The van der Waals surface area contributed by atoms with E-state index in [9.17, 15) is 10.5 Å². The first-order valence-corrected chi connectivity index (χ1v) is 26.9. The Bertz CT molecular complexity index is 4760. The molecule has 0 unspecified atom stereocenters.